The predicted octanol–water partition coefficient (Wildman–Crippen LogP) is 1.47. The summed E-state index contributed by atoms with van der Waals surface area (Å²) >= 11 is 0. The van der Waals surface area contributed by atoms with E-state index in [0.717, 1.165) is 5.56 Å². The van der Waals surface area contributed by atoms with Crippen LogP contribution in [0.2, 0.25) is 0 Å². The second-order valence-corrected chi connectivity index (χ2v) is 2.74. The van der Waals surface area contributed by atoms with Gasteiger partial charge in [-0.1, -0.05) is 30.3 Å². The minimum absolute atomic E-state index is 0.101. The molecule has 13 heavy (non-hydrogen) atoms. The van der Waals surface area contributed by atoms with Gasteiger partial charge in [-0.15, -0.1) is 0 Å². The lowest BCUT2D eigenvalue weighted by molar-refractivity contribution is -0.176. The summed E-state index contributed by atoms with van der Waals surface area (Å²) in [5.74, 6) is -0.101. The molecule has 0 radical (unpaired) electrons. The lowest BCUT2D eigenvalue weighted by Crippen LogP contribution is -2.31. The molecule has 0 atom stereocenters. The molecule has 0 saturated heterocycles. The standard InChI is InChI=1S/C10H9NO2/c12-10-6-7-11(10)13-8-9-4-2-1-3-5-9/h1-7H,8H2. The van der Waals surface area contributed by atoms with Gasteiger partial charge >= 0.3 is 0 Å². The van der Waals surface area contributed by atoms with E-state index in [1.54, 1.807) is 6.20 Å². The van der Waals surface area contributed by atoms with E-state index in [0.29, 0.717) is 6.61 Å². The zero-order valence-electron chi connectivity index (χ0n) is 7.01. The molecule has 0 saturated carbocycles. The summed E-state index contributed by atoms with van der Waals surface area (Å²) in [6.45, 7) is 0.428. The van der Waals surface area contributed by atoms with E-state index < -0.39 is 0 Å². The molecule has 66 valence electrons. The van der Waals surface area contributed by atoms with Crippen LogP contribution in [0.25, 0.3) is 0 Å². The summed E-state index contributed by atoms with van der Waals surface area (Å²) < 4.78 is 0. The van der Waals surface area contributed by atoms with Gasteiger partial charge in [0, 0.05) is 12.3 Å². The highest BCUT2D eigenvalue weighted by molar-refractivity contribution is 5.92. The summed E-state index contributed by atoms with van der Waals surface area (Å²) in [4.78, 5) is 15.9. The molecule has 0 spiro atoms. The van der Waals surface area contributed by atoms with Gasteiger partial charge in [0.1, 0.15) is 6.61 Å². The third-order valence-electron chi connectivity index (χ3n) is 1.78. The van der Waals surface area contributed by atoms with Gasteiger partial charge in [-0.3, -0.25) is 9.63 Å². The van der Waals surface area contributed by atoms with Crippen LogP contribution >= 0.6 is 0 Å². The second-order valence-electron chi connectivity index (χ2n) is 2.74. The molecule has 1 aromatic carbocycles. The number of rotatable bonds is 3. The number of carbonyl (C=O) groups is 1. The minimum Gasteiger partial charge on any atom is -0.267 e. The van der Waals surface area contributed by atoms with Crippen molar-refractivity contribution in [2.45, 2.75) is 6.61 Å². The fourth-order valence-electron chi connectivity index (χ4n) is 1.02. The lowest BCUT2D eigenvalue weighted by Gasteiger charge is -2.21. The average Bonchev–Trinajstić information content (AvgIpc) is 2.17. The molecule has 1 aromatic rings. The number of hydrogen-bond donors (Lipinski definition) is 0. The Balaban J connectivity index is 1.87. The molecule has 3 nitrogen and oxygen atoms in total. The van der Waals surface area contributed by atoms with E-state index in [-0.39, 0.29) is 5.91 Å². The first-order valence-corrected chi connectivity index (χ1v) is 4.04. The molecular weight excluding hydrogens is 166 g/mol. The van der Waals surface area contributed by atoms with Crippen LogP contribution in [0, 0.1) is 0 Å². The number of hydrogen-bond acceptors (Lipinski definition) is 2. The van der Waals surface area contributed by atoms with Gasteiger partial charge in [-0.2, -0.15) is 5.06 Å². The fourth-order valence-corrected chi connectivity index (χ4v) is 1.02. The summed E-state index contributed by atoms with van der Waals surface area (Å²) in [7, 11) is 0. The molecule has 1 heterocycles. The van der Waals surface area contributed by atoms with Gasteiger partial charge in [0.05, 0.1) is 0 Å². The number of carbonyl (C=O) groups excluding carboxylic acids is 1. The van der Waals surface area contributed by atoms with E-state index in [9.17, 15) is 4.79 Å². The zero-order valence-corrected chi connectivity index (χ0v) is 7.01. The van der Waals surface area contributed by atoms with E-state index in [2.05, 4.69) is 0 Å². The van der Waals surface area contributed by atoms with E-state index in [1.807, 2.05) is 30.3 Å². The smallest absolute Gasteiger partial charge is 0.267 e. The lowest BCUT2D eigenvalue weighted by atomic mass is 10.2. The van der Waals surface area contributed by atoms with Crippen LogP contribution in [-0.4, -0.2) is 11.0 Å². The third-order valence-corrected chi connectivity index (χ3v) is 1.78. The molecule has 1 aliphatic rings. The number of nitrogens with zero attached hydrogens (tertiary/aromatic N) is 1. The third kappa shape index (κ3) is 1.76. The van der Waals surface area contributed by atoms with Crippen LogP contribution in [0.4, 0.5) is 0 Å². The maximum atomic E-state index is 10.8. The van der Waals surface area contributed by atoms with Crippen LogP contribution in [0.3, 0.4) is 0 Å². The molecule has 1 amide bonds. The maximum Gasteiger partial charge on any atom is 0.275 e. The van der Waals surface area contributed by atoms with Crippen molar-refractivity contribution in [2.75, 3.05) is 0 Å². The van der Waals surface area contributed by atoms with Crippen LogP contribution < -0.4 is 0 Å². The number of benzene rings is 1. The first kappa shape index (κ1) is 8.01. The summed E-state index contributed by atoms with van der Waals surface area (Å²) in [6.07, 6.45) is 3.07. The minimum atomic E-state index is -0.101. The van der Waals surface area contributed by atoms with Gasteiger partial charge in [0.2, 0.25) is 0 Å². The molecule has 0 unspecified atom stereocenters. The number of amides is 1. The number of hydroxylamine groups is 2. The first-order valence-electron chi connectivity index (χ1n) is 4.04. The molecular formula is C10H9NO2. The van der Waals surface area contributed by atoms with Crippen molar-refractivity contribution in [3.8, 4) is 0 Å². The van der Waals surface area contributed by atoms with Crippen molar-refractivity contribution in [1.82, 2.24) is 5.06 Å². The molecule has 0 N–H and O–H groups in total. The Morgan fingerprint density at radius 2 is 2.00 bits per heavy atom. The van der Waals surface area contributed by atoms with E-state index in [1.165, 1.54) is 11.1 Å². The largest absolute Gasteiger partial charge is 0.275 e. The molecule has 0 aromatic heterocycles. The van der Waals surface area contributed by atoms with Crippen LogP contribution in [0.15, 0.2) is 42.6 Å². The highest BCUT2D eigenvalue weighted by Gasteiger charge is 2.16. The Kier molecular flexibility index (Phi) is 2.10. The van der Waals surface area contributed by atoms with Crippen molar-refractivity contribution in [3.05, 3.63) is 48.2 Å². The molecule has 0 fully saturated rings. The van der Waals surface area contributed by atoms with E-state index in [4.69, 9.17) is 4.84 Å². The SMILES string of the molecule is O=C1C=CN1OCc1ccccc1. The van der Waals surface area contributed by atoms with Crippen LogP contribution in [0.1, 0.15) is 5.56 Å². The quantitative estimate of drug-likeness (QED) is 0.696. The normalized spacial score (nSPS) is 14.5. The molecule has 3 heteroatoms. The van der Waals surface area contributed by atoms with Crippen molar-refractivity contribution in [3.63, 3.8) is 0 Å². The van der Waals surface area contributed by atoms with Gasteiger partial charge in [0.15, 0.2) is 0 Å². The second kappa shape index (κ2) is 3.41. The summed E-state index contributed by atoms with van der Waals surface area (Å²) in [5.41, 5.74) is 1.05. The Morgan fingerprint density at radius 3 is 2.54 bits per heavy atom. The molecule has 2 rings (SSSR count). The van der Waals surface area contributed by atoms with Crippen molar-refractivity contribution >= 4 is 5.91 Å². The average molecular weight is 175 g/mol. The highest BCUT2D eigenvalue weighted by Crippen LogP contribution is 2.08. The molecule has 1 aliphatic heterocycles. The Labute approximate surface area is 76.2 Å². The molecule has 0 aliphatic carbocycles. The van der Waals surface area contributed by atoms with Gasteiger partial charge in [0.25, 0.3) is 5.91 Å². The molecule has 0 bridgehead atoms. The van der Waals surface area contributed by atoms with Crippen molar-refractivity contribution in [2.24, 2.45) is 0 Å². The van der Waals surface area contributed by atoms with Crippen molar-refractivity contribution in [1.29, 1.82) is 0 Å². The summed E-state index contributed by atoms with van der Waals surface area (Å²) in [5, 5.41) is 1.23. The van der Waals surface area contributed by atoms with Gasteiger partial charge in [-0.25, -0.2) is 0 Å². The van der Waals surface area contributed by atoms with E-state index >= 15 is 0 Å². The first-order chi connectivity index (χ1) is 6.36. The summed E-state index contributed by atoms with van der Waals surface area (Å²) in [6, 6.07) is 9.72. The zero-order chi connectivity index (χ0) is 9.10. The Morgan fingerprint density at radius 1 is 1.23 bits per heavy atom. The fraction of sp³-hybridized carbons (Fsp3) is 0.100. The monoisotopic (exact) mass is 175 g/mol. The van der Waals surface area contributed by atoms with Gasteiger partial charge < -0.3 is 0 Å². The van der Waals surface area contributed by atoms with Crippen molar-refractivity contribution < 1.29 is 9.63 Å². The predicted molar refractivity (Wildman–Crippen MR) is 47.2 cm³/mol. The van der Waals surface area contributed by atoms with Crippen LogP contribution in [-0.2, 0) is 16.2 Å². The Hall–Kier alpha value is -1.61. The maximum absolute atomic E-state index is 10.8. The van der Waals surface area contributed by atoms with Crippen LogP contribution in [0.5, 0.6) is 0 Å². The van der Waals surface area contributed by atoms with Gasteiger partial charge in [-0.05, 0) is 5.56 Å². The topological polar surface area (TPSA) is 29.5 Å². The highest BCUT2D eigenvalue weighted by atomic mass is 16.7. The Bertz CT molecular complexity index is 332.